The lowest BCUT2D eigenvalue weighted by Gasteiger charge is -2.26. The van der Waals surface area contributed by atoms with Gasteiger partial charge in [-0.15, -0.1) is 0 Å². The molecule has 0 fully saturated rings. The molecule has 0 bridgehead atoms. The van der Waals surface area contributed by atoms with Crippen molar-refractivity contribution in [2.75, 3.05) is 6.61 Å². The molecule has 1 aromatic carbocycles. The van der Waals surface area contributed by atoms with Crippen LogP contribution >= 0.6 is 0 Å². The van der Waals surface area contributed by atoms with E-state index in [1.54, 1.807) is 13.0 Å². The van der Waals surface area contributed by atoms with Crippen molar-refractivity contribution in [1.82, 2.24) is 5.43 Å². The summed E-state index contributed by atoms with van der Waals surface area (Å²) in [5, 5.41) is 12.3. The number of para-hydroxylation sites is 2. The lowest BCUT2D eigenvalue weighted by atomic mass is 10.2. The van der Waals surface area contributed by atoms with E-state index in [1.807, 2.05) is 24.3 Å². The van der Waals surface area contributed by atoms with E-state index >= 15 is 0 Å². The number of hydrogen-bond donors (Lipinski definition) is 1. The minimum atomic E-state index is -0.445. The highest BCUT2D eigenvalue weighted by Crippen LogP contribution is 2.31. The SMILES string of the molecule is C/C(=N\NC(=O)CC#N)[C@H]1COc2ccccc2O1. The normalized spacial score (nSPS) is 17.5. The molecule has 6 nitrogen and oxygen atoms in total. The van der Waals surface area contributed by atoms with E-state index in [2.05, 4.69) is 10.5 Å². The van der Waals surface area contributed by atoms with Gasteiger partial charge in [-0.2, -0.15) is 10.4 Å². The first-order valence-electron chi connectivity index (χ1n) is 5.79. The van der Waals surface area contributed by atoms with Gasteiger partial charge in [0.25, 0.3) is 5.91 Å². The number of hydrogen-bond acceptors (Lipinski definition) is 5. The smallest absolute Gasteiger partial charge is 0.254 e. The van der Waals surface area contributed by atoms with Crippen LogP contribution in [0.2, 0.25) is 0 Å². The molecule has 0 aromatic heterocycles. The Balaban J connectivity index is 1.99. The van der Waals surface area contributed by atoms with Crippen molar-refractivity contribution in [2.24, 2.45) is 5.10 Å². The van der Waals surface area contributed by atoms with Crippen molar-refractivity contribution in [1.29, 1.82) is 5.26 Å². The fraction of sp³-hybridized carbons (Fsp3) is 0.308. The molecule has 6 heteroatoms. The van der Waals surface area contributed by atoms with Crippen molar-refractivity contribution in [3.8, 4) is 17.6 Å². The number of nitriles is 1. The maximum Gasteiger partial charge on any atom is 0.254 e. The van der Waals surface area contributed by atoms with Crippen LogP contribution in [0.3, 0.4) is 0 Å². The first-order chi connectivity index (χ1) is 9.20. The monoisotopic (exact) mass is 259 g/mol. The third-order valence-corrected chi connectivity index (χ3v) is 2.57. The lowest BCUT2D eigenvalue weighted by Crippen LogP contribution is -2.36. The Labute approximate surface area is 110 Å². The van der Waals surface area contributed by atoms with Crippen molar-refractivity contribution in [3.05, 3.63) is 24.3 Å². The summed E-state index contributed by atoms with van der Waals surface area (Å²) in [6.07, 6.45) is -0.570. The number of ether oxygens (including phenoxy) is 2. The van der Waals surface area contributed by atoms with Crippen molar-refractivity contribution < 1.29 is 14.3 Å². The lowest BCUT2D eigenvalue weighted by molar-refractivity contribution is -0.120. The van der Waals surface area contributed by atoms with Gasteiger partial charge in [0.15, 0.2) is 17.6 Å². The molecule has 98 valence electrons. The number of nitrogens with one attached hydrogen (secondary N) is 1. The van der Waals surface area contributed by atoms with E-state index in [4.69, 9.17) is 14.7 Å². The van der Waals surface area contributed by atoms with Gasteiger partial charge in [0, 0.05) is 0 Å². The van der Waals surface area contributed by atoms with Crippen LogP contribution in [0.4, 0.5) is 0 Å². The molecule has 1 aromatic rings. The largest absolute Gasteiger partial charge is 0.485 e. The molecule has 1 heterocycles. The molecule has 1 aliphatic heterocycles. The minimum Gasteiger partial charge on any atom is -0.485 e. The van der Waals surface area contributed by atoms with E-state index in [9.17, 15) is 4.79 Å². The van der Waals surface area contributed by atoms with Crippen molar-refractivity contribution in [2.45, 2.75) is 19.4 Å². The van der Waals surface area contributed by atoms with Crippen LogP contribution in [0.25, 0.3) is 0 Å². The zero-order valence-corrected chi connectivity index (χ0v) is 10.4. The summed E-state index contributed by atoms with van der Waals surface area (Å²) >= 11 is 0. The van der Waals surface area contributed by atoms with Gasteiger partial charge in [-0.1, -0.05) is 12.1 Å². The van der Waals surface area contributed by atoms with Crippen LogP contribution in [-0.2, 0) is 4.79 Å². The maximum absolute atomic E-state index is 11.1. The summed E-state index contributed by atoms with van der Waals surface area (Å²) in [5.74, 6) is 0.899. The molecule has 19 heavy (non-hydrogen) atoms. The van der Waals surface area contributed by atoms with Gasteiger partial charge in [0.1, 0.15) is 13.0 Å². The maximum atomic E-state index is 11.1. The average molecular weight is 259 g/mol. The number of rotatable bonds is 3. The Kier molecular flexibility index (Phi) is 3.98. The minimum absolute atomic E-state index is 0.221. The van der Waals surface area contributed by atoms with Crippen LogP contribution < -0.4 is 14.9 Å². The summed E-state index contributed by atoms with van der Waals surface area (Å²) in [4.78, 5) is 11.1. The Hall–Kier alpha value is -2.55. The molecule has 1 aliphatic rings. The second-order valence-corrected chi connectivity index (χ2v) is 3.99. The zero-order chi connectivity index (χ0) is 13.7. The van der Waals surface area contributed by atoms with E-state index in [0.29, 0.717) is 23.8 Å². The van der Waals surface area contributed by atoms with Gasteiger partial charge in [-0.3, -0.25) is 4.79 Å². The zero-order valence-electron chi connectivity index (χ0n) is 10.4. The van der Waals surface area contributed by atoms with Gasteiger partial charge in [-0.25, -0.2) is 5.43 Å². The molecule has 0 aliphatic carbocycles. The predicted octanol–water partition coefficient (Wildman–Crippen LogP) is 1.23. The fourth-order valence-electron chi connectivity index (χ4n) is 1.56. The highest BCUT2D eigenvalue weighted by Gasteiger charge is 2.23. The molecule has 0 saturated carbocycles. The number of fused-ring (bicyclic) bond motifs is 1. The summed E-state index contributed by atoms with van der Waals surface area (Å²) in [6, 6.07) is 9.10. The molecular weight excluding hydrogens is 246 g/mol. The van der Waals surface area contributed by atoms with E-state index < -0.39 is 5.91 Å². The molecule has 0 spiro atoms. The molecule has 1 amide bonds. The molecule has 0 saturated heterocycles. The summed E-state index contributed by atoms with van der Waals surface area (Å²) in [6.45, 7) is 2.06. The number of benzene rings is 1. The third-order valence-electron chi connectivity index (χ3n) is 2.57. The average Bonchev–Trinajstić information content (AvgIpc) is 2.44. The number of hydrazone groups is 1. The number of amides is 1. The van der Waals surface area contributed by atoms with Crippen LogP contribution in [0.1, 0.15) is 13.3 Å². The number of carbonyl (C=O) groups is 1. The molecule has 1 N–H and O–H groups in total. The van der Waals surface area contributed by atoms with Crippen LogP contribution in [0, 0.1) is 11.3 Å². The standard InChI is InChI=1S/C13H13N3O3/c1-9(15-16-13(17)6-7-14)12-8-18-10-4-2-3-5-11(10)19-12/h2-5,12H,6,8H2,1H3,(H,16,17)/b15-9+/t12-/m1/s1. The first kappa shape index (κ1) is 12.9. The number of nitrogens with zero attached hydrogens (tertiary/aromatic N) is 2. The molecule has 2 rings (SSSR count). The van der Waals surface area contributed by atoms with Gasteiger partial charge in [0.05, 0.1) is 11.8 Å². The predicted molar refractivity (Wildman–Crippen MR) is 67.8 cm³/mol. The summed E-state index contributed by atoms with van der Waals surface area (Å²) < 4.78 is 11.3. The highest BCUT2D eigenvalue weighted by atomic mass is 16.6. The third kappa shape index (κ3) is 3.22. The Morgan fingerprint density at radius 3 is 3.00 bits per heavy atom. The Morgan fingerprint density at radius 2 is 2.26 bits per heavy atom. The summed E-state index contributed by atoms with van der Waals surface area (Å²) in [7, 11) is 0. The second-order valence-electron chi connectivity index (χ2n) is 3.99. The molecule has 0 radical (unpaired) electrons. The van der Waals surface area contributed by atoms with Gasteiger partial charge >= 0.3 is 0 Å². The Morgan fingerprint density at radius 1 is 1.53 bits per heavy atom. The van der Waals surface area contributed by atoms with Crippen molar-refractivity contribution in [3.63, 3.8) is 0 Å². The molecule has 1 atom stereocenters. The van der Waals surface area contributed by atoms with Gasteiger partial charge < -0.3 is 9.47 Å². The summed E-state index contributed by atoms with van der Waals surface area (Å²) in [5.41, 5.74) is 2.88. The highest BCUT2D eigenvalue weighted by molar-refractivity contribution is 5.88. The second kappa shape index (κ2) is 5.87. The van der Waals surface area contributed by atoms with E-state index in [-0.39, 0.29) is 12.5 Å². The first-order valence-corrected chi connectivity index (χ1v) is 5.79. The fourth-order valence-corrected chi connectivity index (χ4v) is 1.56. The van der Waals surface area contributed by atoms with Gasteiger partial charge in [-0.05, 0) is 19.1 Å². The van der Waals surface area contributed by atoms with Crippen LogP contribution in [0.15, 0.2) is 29.4 Å². The van der Waals surface area contributed by atoms with Crippen molar-refractivity contribution >= 4 is 11.6 Å². The molecular formula is C13H13N3O3. The van der Waals surface area contributed by atoms with Crippen LogP contribution in [0.5, 0.6) is 11.5 Å². The Bertz CT molecular complexity index is 548. The molecule has 0 unspecified atom stereocenters. The topological polar surface area (TPSA) is 83.7 Å². The van der Waals surface area contributed by atoms with Crippen LogP contribution in [-0.4, -0.2) is 24.3 Å². The van der Waals surface area contributed by atoms with E-state index in [1.165, 1.54) is 0 Å². The quantitative estimate of drug-likeness (QED) is 0.653. The van der Waals surface area contributed by atoms with E-state index in [0.717, 1.165) is 0 Å². The number of carbonyl (C=O) groups excluding carboxylic acids is 1. The van der Waals surface area contributed by atoms with Gasteiger partial charge in [0.2, 0.25) is 0 Å².